The van der Waals surface area contributed by atoms with Crippen LogP contribution in [0, 0.1) is 0 Å². The van der Waals surface area contributed by atoms with E-state index in [1.54, 1.807) is 18.2 Å². The normalized spacial score (nSPS) is 10.4. The summed E-state index contributed by atoms with van der Waals surface area (Å²) in [5.41, 5.74) is 1.23. The van der Waals surface area contributed by atoms with Gasteiger partial charge in [0.15, 0.2) is 0 Å². The lowest BCUT2D eigenvalue weighted by Crippen LogP contribution is -2.03. The molecular formula is C13H12O3. The lowest BCUT2D eigenvalue weighted by Gasteiger charge is -2.08. The summed E-state index contributed by atoms with van der Waals surface area (Å²) in [5, 5.41) is 11.0. The number of aliphatic hydroxyl groups is 1. The van der Waals surface area contributed by atoms with Gasteiger partial charge in [-0.3, -0.25) is 0 Å². The maximum Gasteiger partial charge on any atom is 0.338 e. The summed E-state index contributed by atoms with van der Waals surface area (Å²) in [6.45, 7) is -0.0919. The molecular weight excluding hydrogens is 204 g/mol. The van der Waals surface area contributed by atoms with E-state index in [4.69, 9.17) is 4.74 Å². The van der Waals surface area contributed by atoms with E-state index in [-0.39, 0.29) is 12.6 Å². The van der Waals surface area contributed by atoms with Crippen LogP contribution >= 0.6 is 0 Å². The zero-order chi connectivity index (χ0) is 11.5. The molecule has 2 rings (SSSR count). The number of aliphatic hydroxyl groups excluding tert-OH is 1. The van der Waals surface area contributed by atoms with Gasteiger partial charge in [-0.05, 0) is 17.0 Å². The van der Waals surface area contributed by atoms with Gasteiger partial charge >= 0.3 is 5.97 Å². The van der Waals surface area contributed by atoms with Crippen molar-refractivity contribution in [1.82, 2.24) is 0 Å². The minimum atomic E-state index is -0.383. The van der Waals surface area contributed by atoms with Gasteiger partial charge in [-0.15, -0.1) is 0 Å². The molecule has 0 saturated carbocycles. The molecule has 0 unspecified atom stereocenters. The number of hydrogen-bond acceptors (Lipinski definition) is 3. The zero-order valence-electron chi connectivity index (χ0n) is 8.93. The zero-order valence-corrected chi connectivity index (χ0v) is 8.93. The Morgan fingerprint density at radius 1 is 1.25 bits per heavy atom. The Morgan fingerprint density at radius 2 is 1.94 bits per heavy atom. The molecule has 0 aliphatic carbocycles. The van der Waals surface area contributed by atoms with Gasteiger partial charge in [0.1, 0.15) is 0 Å². The lowest BCUT2D eigenvalue weighted by atomic mass is 9.99. The molecule has 0 saturated heterocycles. The van der Waals surface area contributed by atoms with Gasteiger partial charge in [-0.1, -0.05) is 30.3 Å². The van der Waals surface area contributed by atoms with Crippen LogP contribution < -0.4 is 0 Å². The van der Waals surface area contributed by atoms with E-state index >= 15 is 0 Å². The summed E-state index contributed by atoms with van der Waals surface area (Å²) >= 11 is 0. The number of fused-ring (bicyclic) bond motifs is 1. The molecule has 0 atom stereocenters. The predicted molar refractivity (Wildman–Crippen MR) is 61.2 cm³/mol. The molecule has 82 valence electrons. The fourth-order valence-corrected chi connectivity index (χ4v) is 1.83. The van der Waals surface area contributed by atoms with Gasteiger partial charge in [0.05, 0.1) is 19.3 Å². The van der Waals surface area contributed by atoms with Crippen molar-refractivity contribution in [2.45, 2.75) is 6.61 Å². The molecule has 2 aromatic carbocycles. The SMILES string of the molecule is COC(=O)c1cccc2cccc(CO)c12. The van der Waals surface area contributed by atoms with Gasteiger partial charge in [-0.2, -0.15) is 0 Å². The maximum atomic E-state index is 11.6. The standard InChI is InChI=1S/C13H12O3/c1-16-13(15)11-7-3-5-9-4-2-6-10(8-14)12(9)11/h2-7,14H,8H2,1H3. The number of ether oxygens (including phenoxy) is 1. The Labute approximate surface area is 93.3 Å². The summed E-state index contributed by atoms with van der Waals surface area (Å²) in [7, 11) is 1.35. The number of methoxy groups -OCH3 is 1. The van der Waals surface area contributed by atoms with Gasteiger partial charge < -0.3 is 9.84 Å². The van der Waals surface area contributed by atoms with Crippen LogP contribution in [0.15, 0.2) is 36.4 Å². The van der Waals surface area contributed by atoms with Crippen LogP contribution in [0.25, 0.3) is 10.8 Å². The van der Waals surface area contributed by atoms with Crippen LogP contribution in [-0.4, -0.2) is 18.2 Å². The molecule has 0 aromatic heterocycles. The topological polar surface area (TPSA) is 46.5 Å². The first kappa shape index (κ1) is 10.6. The van der Waals surface area contributed by atoms with Gasteiger partial charge in [-0.25, -0.2) is 4.79 Å². The largest absolute Gasteiger partial charge is 0.465 e. The summed E-state index contributed by atoms with van der Waals surface area (Å²) < 4.78 is 4.72. The predicted octanol–water partition coefficient (Wildman–Crippen LogP) is 2.12. The first-order valence-electron chi connectivity index (χ1n) is 4.97. The Bertz CT molecular complexity index is 526. The molecule has 1 N–H and O–H groups in total. The average molecular weight is 216 g/mol. The minimum Gasteiger partial charge on any atom is -0.465 e. The molecule has 2 aromatic rings. The Morgan fingerprint density at radius 3 is 2.56 bits per heavy atom. The Balaban J connectivity index is 2.78. The van der Waals surface area contributed by atoms with Gasteiger partial charge in [0, 0.05) is 5.39 Å². The monoisotopic (exact) mass is 216 g/mol. The quantitative estimate of drug-likeness (QED) is 0.782. The third kappa shape index (κ3) is 1.66. The highest BCUT2D eigenvalue weighted by atomic mass is 16.5. The molecule has 0 amide bonds. The molecule has 16 heavy (non-hydrogen) atoms. The molecule has 0 bridgehead atoms. The van der Waals surface area contributed by atoms with Crippen molar-refractivity contribution >= 4 is 16.7 Å². The molecule has 3 heteroatoms. The molecule has 0 heterocycles. The molecule has 0 aliphatic heterocycles. The first-order valence-corrected chi connectivity index (χ1v) is 4.97. The van der Waals surface area contributed by atoms with E-state index in [1.807, 2.05) is 18.2 Å². The second kappa shape index (κ2) is 4.33. The van der Waals surface area contributed by atoms with Crippen LogP contribution in [0.3, 0.4) is 0 Å². The minimum absolute atomic E-state index is 0.0919. The summed E-state index contributed by atoms with van der Waals surface area (Å²) in [4.78, 5) is 11.6. The maximum absolute atomic E-state index is 11.6. The van der Waals surface area contributed by atoms with E-state index in [9.17, 15) is 9.90 Å². The van der Waals surface area contributed by atoms with Crippen LogP contribution in [0.2, 0.25) is 0 Å². The number of benzene rings is 2. The number of rotatable bonds is 2. The van der Waals surface area contributed by atoms with E-state index in [0.29, 0.717) is 5.56 Å². The second-order valence-corrected chi connectivity index (χ2v) is 3.47. The smallest absolute Gasteiger partial charge is 0.338 e. The van der Waals surface area contributed by atoms with Crippen molar-refractivity contribution < 1.29 is 14.6 Å². The Hall–Kier alpha value is -1.87. The van der Waals surface area contributed by atoms with Crippen molar-refractivity contribution in [1.29, 1.82) is 0 Å². The van der Waals surface area contributed by atoms with E-state index in [0.717, 1.165) is 16.3 Å². The highest BCUT2D eigenvalue weighted by molar-refractivity contribution is 6.05. The molecule has 0 spiro atoms. The Kier molecular flexibility index (Phi) is 2.88. The third-order valence-corrected chi connectivity index (χ3v) is 2.57. The highest BCUT2D eigenvalue weighted by Crippen LogP contribution is 2.23. The molecule has 0 radical (unpaired) electrons. The number of carbonyl (C=O) groups is 1. The van der Waals surface area contributed by atoms with Crippen molar-refractivity contribution in [3.63, 3.8) is 0 Å². The van der Waals surface area contributed by atoms with Crippen LogP contribution in [0.5, 0.6) is 0 Å². The lowest BCUT2D eigenvalue weighted by molar-refractivity contribution is 0.0603. The van der Waals surface area contributed by atoms with Gasteiger partial charge in [0.2, 0.25) is 0 Å². The van der Waals surface area contributed by atoms with Crippen molar-refractivity contribution in [3.05, 3.63) is 47.5 Å². The molecule has 0 fully saturated rings. The fraction of sp³-hybridized carbons (Fsp3) is 0.154. The van der Waals surface area contributed by atoms with E-state index in [1.165, 1.54) is 7.11 Å². The summed E-state index contributed by atoms with van der Waals surface area (Å²) in [6, 6.07) is 11.0. The van der Waals surface area contributed by atoms with Gasteiger partial charge in [0.25, 0.3) is 0 Å². The van der Waals surface area contributed by atoms with Crippen LogP contribution in [-0.2, 0) is 11.3 Å². The van der Waals surface area contributed by atoms with Crippen molar-refractivity contribution in [2.24, 2.45) is 0 Å². The number of hydrogen-bond donors (Lipinski definition) is 1. The van der Waals surface area contributed by atoms with E-state index in [2.05, 4.69) is 0 Å². The first-order chi connectivity index (χ1) is 7.77. The van der Waals surface area contributed by atoms with Crippen LogP contribution in [0.4, 0.5) is 0 Å². The molecule has 0 aliphatic rings. The van der Waals surface area contributed by atoms with E-state index < -0.39 is 0 Å². The van der Waals surface area contributed by atoms with Crippen molar-refractivity contribution in [3.8, 4) is 0 Å². The third-order valence-electron chi connectivity index (χ3n) is 2.57. The summed E-state index contributed by atoms with van der Waals surface area (Å²) in [5.74, 6) is -0.383. The second-order valence-electron chi connectivity index (χ2n) is 3.47. The summed E-state index contributed by atoms with van der Waals surface area (Å²) in [6.07, 6.45) is 0. The number of esters is 1. The average Bonchev–Trinajstić information content (AvgIpc) is 2.36. The highest BCUT2D eigenvalue weighted by Gasteiger charge is 2.12. The van der Waals surface area contributed by atoms with Crippen molar-refractivity contribution in [2.75, 3.05) is 7.11 Å². The number of carbonyl (C=O) groups excluding carboxylic acids is 1. The van der Waals surface area contributed by atoms with Crippen LogP contribution in [0.1, 0.15) is 15.9 Å². The molecule has 3 nitrogen and oxygen atoms in total. The fourth-order valence-electron chi connectivity index (χ4n) is 1.83.